The summed E-state index contributed by atoms with van der Waals surface area (Å²) in [6, 6.07) is 11.4. The number of halogens is 1. The van der Waals surface area contributed by atoms with E-state index in [4.69, 9.17) is 0 Å². The average Bonchev–Trinajstić information content (AvgIpc) is 3.07. The molecule has 0 radical (unpaired) electrons. The first-order valence-electron chi connectivity index (χ1n) is 7.84. The highest BCUT2D eigenvalue weighted by molar-refractivity contribution is 9.10. The first-order chi connectivity index (χ1) is 12.6. The second kappa shape index (κ2) is 6.93. The highest BCUT2D eigenvalue weighted by Crippen LogP contribution is 2.31. The van der Waals surface area contributed by atoms with Crippen molar-refractivity contribution in [2.75, 3.05) is 5.32 Å². The van der Waals surface area contributed by atoms with Crippen LogP contribution in [0.15, 0.2) is 59.5 Å². The van der Waals surface area contributed by atoms with Gasteiger partial charge in [-0.3, -0.25) is 9.78 Å². The predicted octanol–water partition coefficient (Wildman–Crippen LogP) is 5.08. The number of fused-ring (bicyclic) bond motifs is 1. The first-order valence-corrected chi connectivity index (χ1v) is 9.45. The number of rotatable bonds is 3. The summed E-state index contributed by atoms with van der Waals surface area (Å²) in [5.41, 5.74) is 4.13. The maximum atomic E-state index is 12.4. The Balaban J connectivity index is 1.60. The molecule has 4 rings (SSSR count). The van der Waals surface area contributed by atoms with Crippen LogP contribution in [0, 0.1) is 6.92 Å². The molecule has 0 spiro atoms. The molecule has 1 aromatic carbocycles. The molecule has 0 saturated heterocycles. The van der Waals surface area contributed by atoms with Crippen molar-refractivity contribution in [3.63, 3.8) is 0 Å². The van der Waals surface area contributed by atoms with Crippen LogP contribution in [0.25, 0.3) is 20.9 Å². The van der Waals surface area contributed by atoms with Gasteiger partial charge in [0.25, 0.3) is 5.91 Å². The molecule has 7 heteroatoms. The van der Waals surface area contributed by atoms with E-state index < -0.39 is 0 Å². The molecule has 0 aliphatic heterocycles. The second-order valence-electron chi connectivity index (χ2n) is 5.72. The van der Waals surface area contributed by atoms with Gasteiger partial charge in [-0.15, -0.1) is 0 Å². The van der Waals surface area contributed by atoms with Gasteiger partial charge >= 0.3 is 0 Å². The van der Waals surface area contributed by atoms with E-state index >= 15 is 0 Å². The SMILES string of the molecule is Cc1cc(-c2nc3cccnc3s2)ccc1NC(=O)c1cncc(Br)c1. The lowest BCUT2D eigenvalue weighted by molar-refractivity contribution is 0.102. The van der Waals surface area contributed by atoms with Gasteiger partial charge in [0.05, 0.1) is 5.56 Å². The number of thiazole rings is 1. The van der Waals surface area contributed by atoms with Gasteiger partial charge in [-0.1, -0.05) is 11.3 Å². The number of aryl methyl sites for hydroxylation is 1. The van der Waals surface area contributed by atoms with Gasteiger partial charge in [0, 0.05) is 34.3 Å². The summed E-state index contributed by atoms with van der Waals surface area (Å²) in [7, 11) is 0. The van der Waals surface area contributed by atoms with Crippen molar-refractivity contribution in [3.05, 3.63) is 70.6 Å². The molecule has 0 aliphatic carbocycles. The number of anilines is 1. The average molecular weight is 425 g/mol. The molecular weight excluding hydrogens is 412 g/mol. The van der Waals surface area contributed by atoms with Gasteiger partial charge in [-0.25, -0.2) is 9.97 Å². The number of hydrogen-bond donors (Lipinski definition) is 1. The van der Waals surface area contributed by atoms with Crippen LogP contribution in [0.4, 0.5) is 5.69 Å². The number of nitrogens with zero attached hydrogens (tertiary/aromatic N) is 3. The van der Waals surface area contributed by atoms with Crippen molar-refractivity contribution in [3.8, 4) is 10.6 Å². The quantitative estimate of drug-likeness (QED) is 0.497. The fraction of sp³-hybridized carbons (Fsp3) is 0.0526. The lowest BCUT2D eigenvalue weighted by atomic mass is 10.1. The van der Waals surface area contributed by atoms with E-state index in [9.17, 15) is 4.79 Å². The Morgan fingerprint density at radius 1 is 1.19 bits per heavy atom. The minimum absolute atomic E-state index is 0.196. The van der Waals surface area contributed by atoms with Gasteiger partial charge in [0.15, 0.2) is 0 Å². The van der Waals surface area contributed by atoms with E-state index in [1.807, 2.05) is 37.3 Å². The van der Waals surface area contributed by atoms with Gasteiger partial charge in [0.2, 0.25) is 0 Å². The van der Waals surface area contributed by atoms with Crippen LogP contribution < -0.4 is 5.32 Å². The number of amides is 1. The van der Waals surface area contributed by atoms with Gasteiger partial charge in [0.1, 0.15) is 15.4 Å². The Morgan fingerprint density at radius 3 is 2.85 bits per heavy atom. The van der Waals surface area contributed by atoms with Crippen LogP contribution in [-0.2, 0) is 0 Å². The monoisotopic (exact) mass is 424 g/mol. The Bertz CT molecular complexity index is 1090. The molecule has 128 valence electrons. The molecule has 0 aliphatic rings. The smallest absolute Gasteiger partial charge is 0.257 e. The number of pyridine rings is 2. The van der Waals surface area contributed by atoms with Crippen LogP contribution in [0.3, 0.4) is 0 Å². The number of carbonyl (C=O) groups excluding carboxylic acids is 1. The molecule has 4 aromatic rings. The van der Waals surface area contributed by atoms with Crippen molar-refractivity contribution in [1.82, 2.24) is 15.0 Å². The zero-order valence-corrected chi connectivity index (χ0v) is 16.1. The highest BCUT2D eigenvalue weighted by Gasteiger charge is 2.11. The lowest BCUT2D eigenvalue weighted by Gasteiger charge is -2.09. The number of hydrogen-bond acceptors (Lipinski definition) is 5. The van der Waals surface area contributed by atoms with Crippen molar-refractivity contribution >= 4 is 49.2 Å². The normalized spacial score (nSPS) is 10.8. The van der Waals surface area contributed by atoms with Crippen LogP contribution in [0.1, 0.15) is 15.9 Å². The van der Waals surface area contributed by atoms with Gasteiger partial charge < -0.3 is 5.32 Å². The second-order valence-corrected chi connectivity index (χ2v) is 7.62. The number of aromatic nitrogens is 3. The van der Waals surface area contributed by atoms with Crippen molar-refractivity contribution in [2.24, 2.45) is 0 Å². The zero-order chi connectivity index (χ0) is 18.1. The Hall–Kier alpha value is -2.64. The summed E-state index contributed by atoms with van der Waals surface area (Å²) in [6.07, 6.45) is 4.95. The Labute approximate surface area is 162 Å². The predicted molar refractivity (Wildman–Crippen MR) is 107 cm³/mol. The van der Waals surface area contributed by atoms with Crippen molar-refractivity contribution in [2.45, 2.75) is 6.92 Å². The van der Waals surface area contributed by atoms with Crippen LogP contribution in [0.2, 0.25) is 0 Å². The molecule has 26 heavy (non-hydrogen) atoms. The molecule has 0 fully saturated rings. The van der Waals surface area contributed by atoms with Crippen LogP contribution in [-0.4, -0.2) is 20.9 Å². The minimum Gasteiger partial charge on any atom is -0.322 e. The molecule has 5 nitrogen and oxygen atoms in total. The molecule has 1 amide bonds. The molecule has 0 atom stereocenters. The topological polar surface area (TPSA) is 67.8 Å². The summed E-state index contributed by atoms with van der Waals surface area (Å²) in [4.78, 5) is 26.3. The van der Waals surface area contributed by atoms with Gasteiger partial charge in [-0.2, -0.15) is 0 Å². The summed E-state index contributed by atoms with van der Waals surface area (Å²) in [5, 5.41) is 3.84. The molecule has 1 N–H and O–H groups in total. The summed E-state index contributed by atoms with van der Waals surface area (Å²) >= 11 is 4.88. The molecule has 0 unspecified atom stereocenters. The summed E-state index contributed by atoms with van der Waals surface area (Å²) < 4.78 is 0.765. The molecule has 3 heterocycles. The fourth-order valence-corrected chi connectivity index (χ4v) is 3.83. The van der Waals surface area contributed by atoms with E-state index in [1.165, 1.54) is 6.20 Å². The zero-order valence-electron chi connectivity index (χ0n) is 13.7. The molecule has 0 saturated carbocycles. The van der Waals surface area contributed by atoms with E-state index in [0.29, 0.717) is 5.56 Å². The van der Waals surface area contributed by atoms with Crippen molar-refractivity contribution in [1.29, 1.82) is 0 Å². The van der Waals surface area contributed by atoms with E-state index in [-0.39, 0.29) is 5.91 Å². The molecular formula is C19H13BrN4OS. The Kier molecular flexibility index (Phi) is 4.48. The maximum absolute atomic E-state index is 12.4. The minimum atomic E-state index is -0.196. The van der Waals surface area contributed by atoms with Crippen LogP contribution in [0.5, 0.6) is 0 Å². The van der Waals surface area contributed by atoms with Crippen molar-refractivity contribution < 1.29 is 4.79 Å². The third-order valence-electron chi connectivity index (χ3n) is 3.86. The third kappa shape index (κ3) is 3.36. The first kappa shape index (κ1) is 16.8. The van der Waals surface area contributed by atoms with Crippen LogP contribution >= 0.6 is 27.3 Å². The Morgan fingerprint density at radius 2 is 2.08 bits per heavy atom. The van der Waals surface area contributed by atoms with Gasteiger partial charge in [-0.05, 0) is 64.8 Å². The van der Waals surface area contributed by atoms with E-state index in [0.717, 1.165) is 36.6 Å². The lowest BCUT2D eigenvalue weighted by Crippen LogP contribution is -2.13. The largest absolute Gasteiger partial charge is 0.322 e. The number of carbonyl (C=O) groups is 1. The number of nitrogens with one attached hydrogen (secondary N) is 1. The maximum Gasteiger partial charge on any atom is 0.257 e. The third-order valence-corrected chi connectivity index (χ3v) is 5.32. The fourth-order valence-electron chi connectivity index (χ4n) is 2.56. The standard InChI is InChI=1S/C19H13BrN4OS/c1-11-7-12(18-24-16-3-2-6-22-19(16)26-18)4-5-15(11)23-17(25)13-8-14(20)10-21-9-13/h2-10H,1H3,(H,23,25). The molecule has 3 aromatic heterocycles. The highest BCUT2D eigenvalue weighted by atomic mass is 79.9. The van der Waals surface area contributed by atoms with E-state index in [1.54, 1.807) is 29.8 Å². The number of benzene rings is 1. The summed E-state index contributed by atoms with van der Waals surface area (Å²) in [5.74, 6) is -0.196. The summed E-state index contributed by atoms with van der Waals surface area (Å²) in [6.45, 7) is 1.96. The van der Waals surface area contributed by atoms with E-state index in [2.05, 4.69) is 36.2 Å². The molecule has 0 bridgehead atoms.